The molecule has 0 unspecified atom stereocenters. The Morgan fingerprint density at radius 2 is 1.74 bits per heavy atom. The van der Waals surface area contributed by atoms with Crippen LogP contribution in [0.5, 0.6) is 5.75 Å². The maximum Gasteiger partial charge on any atom is 0.224 e. The van der Waals surface area contributed by atoms with Crippen molar-refractivity contribution in [1.82, 2.24) is 14.1 Å². The van der Waals surface area contributed by atoms with Gasteiger partial charge in [0, 0.05) is 24.7 Å². The summed E-state index contributed by atoms with van der Waals surface area (Å²) in [7, 11) is 0. The molecule has 1 aliphatic rings. The lowest BCUT2D eigenvalue weighted by Crippen LogP contribution is -2.32. The monoisotopic (exact) mass is 455 g/mol. The summed E-state index contributed by atoms with van der Waals surface area (Å²) < 4.78 is 10.2. The molecule has 2 aromatic heterocycles. The smallest absolute Gasteiger partial charge is 0.224 e. The lowest BCUT2D eigenvalue weighted by Gasteiger charge is -2.37. The van der Waals surface area contributed by atoms with Gasteiger partial charge >= 0.3 is 0 Å². The first-order valence-electron chi connectivity index (χ1n) is 11.9. The molecule has 0 bridgehead atoms. The van der Waals surface area contributed by atoms with Crippen molar-refractivity contribution in [3.63, 3.8) is 0 Å². The maximum atomic E-state index is 13.0. The number of aliphatic hydroxyl groups is 1. The molecule has 5 rings (SSSR count). The van der Waals surface area contributed by atoms with Gasteiger partial charge in [0.1, 0.15) is 5.69 Å². The van der Waals surface area contributed by atoms with E-state index in [2.05, 4.69) is 65.0 Å². The van der Waals surface area contributed by atoms with Crippen LogP contribution in [-0.2, 0) is 13.2 Å². The minimum Gasteiger partial charge on any atom is -0.487 e. The Bertz CT molecular complexity index is 1270. The zero-order valence-electron chi connectivity index (χ0n) is 19.3. The Morgan fingerprint density at radius 1 is 1.06 bits per heavy atom. The molecule has 174 valence electrons. The Hall–Kier alpha value is -3.64. The van der Waals surface area contributed by atoms with Crippen LogP contribution in [0.25, 0.3) is 11.5 Å². The number of aliphatic hydroxyl groups excluding tert-OH is 1. The van der Waals surface area contributed by atoms with Crippen molar-refractivity contribution in [2.24, 2.45) is 0 Å². The minimum absolute atomic E-state index is 0.0224. The van der Waals surface area contributed by atoms with Gasteiger partial charge in [0.25, 0.3) is 0 Å². The molecule has 34 heavy (non-hydrogen) atoms. The number of nitrogens with zero attached hydrogens (tertiary/aromatic N) is 3. The molecule has 4 aromatic rings. The molecule has 0 amide bonds. The van der Waals surface area contributed by atoms with Crippen molar-refractivity contribution in [3.8, 4) is 17.3 Å². The number of ether oxygens (including phenoxy) is 1. The SMILES string of the molecule is CCCCOc1c2n(ccc1=O)[C@@H](C(c1ccccc1)c1ccccc1)Cn1c(CO)cnc1-2. The van der Waals surface area contributed by atoms with Gasteiger partial charge in [-0.1, -0.05) is 74.0 Å². The van der Waals surface area contributed by atoms with E-state index in [0.717, 1.165) is 18.5 Å². The number of benzene rings is 2. The highest BCUT2D eigenvalue weighted by molar-refractivity contribution is 5.62. The van der Waals surface area contributed by atoms with Gasteiger partial charge in [-0.25, -0.2) is 4.98 Å². The third-order valence-electron chi connectivity index (χ3n) is 6.57. The van der Waals surface area contributed by atoms with Crippen LogP contribution in [0.1, 0.15) is 48.5 Å². The fourth-order valence-corrected chi connectivity index (χ4v) is 4.91. The number of hydrogen-bond acceptors (Lipinski definition) is 4. The number of hydrogen-bond donors (Lipinski definition) is 1. The van der Waals surface area contributed by atoms with E-state index in [1.807, 2.05) is 22.9 Å². The van der Waals surface area contributed by atoms with Crippen LogP contribution in [0.15, 0.2) is 83.9 Å². The number of aromatic nitrogens is 3. The summed E-state index contributed by atoms with van der Waals surface area (Å²) >= 11 is 0. The van der Waals surface area contributed by atoms with E-state index in [9.17, 15) is 9.90 Å². The summed E-state index contributed by atoms with van der Waals surface area (Å²) in [5.41, 5.74) is 3.62. The van der Waals surface area contributed by atoms with Crippen LogP contribution in [0.3, 0.4) is 0 Å². The average molecular weight is 456 g/mol. The van der Waals surface area contributed by atoms with Crippen molar-refractivity contribution in [3.05, 3.63) is 106 Å². The van der Waals surface area contributed by atoms with Crippen LogP contribution >= 0.6 is 0 Å². The molecule has 1 atom stereocenters. The standard InChI is InChI=1S/C28H29N3O3/c1-2-3-16-34-27-24(33)14-15-30-23(18-31-22(19-32)17-29-28(31)26(27)30)25(20-10-6-4-7-11-20)21-12-8-5-9-13-21/h4-15,17,23,25,32H,2-3,16,18-19H2,1H3/t23-/m1/s1. The Morgan fingerprint density at radius 3 is 2.35 bits per heavy atom. The highest BCUT2D eigenvalue weighted by atomic mass is 16.5. The van der Waals surface area contributed by atoms with Gasteiger partial charge in [-0.3, -0.25) is 4.79 Å². The minimum atomic E-state index is -0.154. The Labute approximate surface area is 199 Å². The largest absolute Gasteiger partial charge is 0.487 e. The molecule has 2 aromatic carbocycles. The first kappa shape index (κ1) is 22.2. The lowest BCUT2D eigenvalue weighted by molar-refractivity contribution is 0.262. The van der Waals surface area contributed by atoms with Crippen LogP contribution in [-0.4, -0.2) is 25.8 Å². The third-order valence-corrected chi connectivity index (χ3v) is 6.57. The molecule has 0 spiro atoms. The molecule has 1 N–H and O–H groups in total. The van der Waals surface area contributed by atoms with E-state index in [-0.39, 0.29) is 24.0 Å². The number of unbranched alkanes of at least 4 members (excludes halogenated alkanes) is 1. The molecule has 1 aliphatic heterocycles. The third kappa shape index (κ3) is 3.94. The summed E-state index contributed by atoms with van der Waals surface area (Å²) in [5, 5.41) is 10.0. The molecule has 0 fully saturated rings. The predicted octanol–water partition coefficient (Wildman–Crippen LogP) is 4.77. The van der Waals surface area contributed by atoms with Gasteiger partial charge in [-0.15, -0.1) is 0 Å². The zero-order valence-corrected chi connectivity index (χ0v) is 19.3. The molecule has 0 aliphatic carbocycles. The van der Waals surface area contributed by atoms with Crippen molar-refractivity contribution in [2.75, 3.05) is 6.61 Å². The first-order chi connectivity index (χ1) is 16.7. The van der Waals surface area contributed by atoms with Crippen LogP contribution in [0.2, 0.25) is 0 Å². The second-order valence-corrected chi connectivity index (χ2v) is 8.68. The van der Waals surface area contributed by atoms with Gasteiger partial charge in [-0.05, 0) is 17.5 Å². The van der Waals surface area contributed by atoms with E-state index in [0.29, 0.717) is 30.4 Å². The summed E-state index contributed by atoms with van der Waals surface area (Å²) in [6.45, 7) is 3.06. The highest BCUT2D eigenvalue weighted by Gasteiger charge is 2.35. The molecule has 3 heterocycles. The highest BCUT2D eigenvalue weighted by Crippen LogP contribution is 2.43. The van der Waals surface area contributed by atoms with Gasteiger partial charge < -0.3 is 19.0 Å². The van der Waals surface area contributed by atoms with Gasteiger partial charge in [0.05, 0.1) is 31.1 Å². The van der Waals surface area contributed by atoms with Crippen molar-refractivity contribution < 1.29 is 9.84 Å². The topological polar surface area (TPSA) is 69.3 Å². The molecule has 0 saturated heterocycles. The molecule has 6 nitrogen and oxygen atoms in total. The second kappa shape index (κ2) is 9.69. The number of pyridine rings is 1. The van der Waals surface area contributed by atoms with Crippen molar-refractivity contribution in [2.45, 2.75) is 44.9 Å². The molecule has 0 radical (unpaired) electrons. The molecular weight excluding hydrogens is 426 g/mol. The predicted molar refractivity (Wildman–Crippen MR) is 132 cm³/mol. The van der Waals surface area contributed by atoms with Crippen LogP contribution in [0, 0.1) is 0 Å². The van der Waals surface area contributed by atoms with E-state index >= 15 is 0 Å². The number of fused-ring (bicyclic) bond motifs is 3. The number of imidazole rings is 1. The van der Waals surface area contributed by atoms with E-state index in [1.165, 1.54) is 11.1 Å². The van der Waals surface area contributed by atoms with Gasteiger partial charge in [0.2, 0.25) is 5.43 Å². The quantitative estimate of drug-likeness (QED) is 0.389. The zero-order chi connectivity index (χ0) is 23.5. The van der Waals surface area contributed by atoms with Gasteiger partial charge in [0.15, 0.2) is 11.6 Å². The van der Waals surface area contributed by atoms with Crippen molar-refractivity contribution >= 4 is 0 Å². The fourth-order valence-electron chi connectivity index (χ4n) is 4.91. The maximum absolute atomic E-state index is 13.0. The summed E-state index contributed by atoms with van der Waals surface area (Å²) in [6, 6.07) is 22.4. The molecule has 6 heteroatoms. The Balaban J connectivity index is 1.73. The van der Waals surface area contributed by atoms with E-state index < -0.39 is 0 Å². The van der Waals surface area contributed by atoms with Crippen molar-refractivity contribution in [1.29, 1.82) is 0 Å². The van der Waals surface area contributed by atoms with E-state index in [1.54, 1.807) is 12.3 Å². The first-order valence-corrected chi connectivity index (χ1v) is 11.9. The average Bonchev–Trinajstić information content (AvgIpc) is 3.29. The number of rotatable bonds is 8. The fraction of sp³-hybridized carbons (Fsp3) is 0.286. The van der Waals surface area contributed by atoms with E-state index in [4.69, 9.17) is 4.74 Å². The summed E-state index contributed by atoms with van der Waals surface area (Å²) in [4.78, 5) is 17.6. The summed E-state index contributed by atoms with van der Waals surface area (Å²) in [6.07, 6.45) is 5.40. The van der Waals surface area contributed by atoms with Crippen LogP contribution in [0.4, 0.5) is 0 Å². The van der Waals surface area contributed by atoms with Gasteiger partial charge in [-0.2, -0.15) is 0 Å². The van der Waals surface area contributed by atoms with Crippen LogP contribution < -0.4 is 10.2 Å². The molecular formula is C28H29N3O3. The Kier molecular flexibility index (Phi) is 6.32. The summed E-state index contributed by atoms with van der Waals surface area (Å²) in [5.74, 6) is 1.01. The lowest BCUT2D eigenvalue weighted by atomic mass is 9.83. The molecule has 0 saturated carbocycles. The normalized spacial score (nSPS) is 14.6. The second-order valence-electron chi connectivity index (χ2n) is 8.68.